The van der Waals surface area contributed by atoms with E-state index in [0.717, 1.165) is 18.4 Å². The minimum absolute atomic E-state index is 0.0615. The van der Waals surface area contributed by atoms with Crippen molar-refractivity contribution in [2.45, 2.75) is 44.2 Å². The molecule has 21 heavy (non-hydrogen) atoms. The van der Waals surface area contributed by atoms with Gasteiger partial charge in [0.25, 0.3) is 0 Å². The molecule has 5 heteroatoms. The van der Waals surface area contributed by atoms with Crippen molar-refractivity contribution in [2.75, 3.05) is 6.61 Å². The van der Waals surface area contributed by atoms with Gasteiger partial charge in [0, 0.05) is 6.61 Å². The number of hydrogen-bond donors (Lipinski definition) is 2. The number of rotatable bonds is 7. The van der Waals surface area contributed by atoms with Crippen LogP contribution in [0.4, 0.5) is 0 Å². The summed E-state index contributed by atoms with van der Waals surface area (Å²) in [6.45, 7) is 0.689. The van der Waals surface area contributed by atoms with E-state index in [1.807, 2.05) is 30.3 Å². The lowest BCUT2D eigenvalue weighted by atomic mass is 10.0. The zero-order chi connectivity index (χ0) is 15.1. The normalized spacial score (nSPS) is 19.1. The summed E-state index contributed by atoms with van der Waals surface area (Å²) in [6, 6.07) is 8.81. The summed E-state index contributed by atoms with van der Waals surface area (Å²) in [7, 11) is 0. The number of benzene rings is 1. The highest BCUT2D eigenvalue weighted by atomic mass is 16.5. The maximum Gasteiger partial charge on any atom is 0.326 e. The monoisotopic (exact) mass is 291 g/mol. The Bertz CT molecular complexity index is 468. The van der Waals surface area contributed by atoms with Crippen LogP contribution in [0.3, 0.4) is 0 Å². The van der Waals surface area contributed by atoms with E-state index in [0.29, 0.717) is 19.4 Å². The van der Waals surface area contributed by atoms with Crippen LogP contribution in [0, 0.1) is 0 Å². The summed E-state index contributed by atoms with van der Waals surface area (Å²) in [5.74, 6) is -1.24. The van der Waals surface area contributed by atoms with Crippen molar-refractivity contribution in [1.29, 1.82) is 0 Å². The number of carboxylic acid groups (broad SMARTS) is 1. The molecule has 1 aliphatic rings. The largest absolute Gasteiger partial charge is 0.480 e. The lowest BCUT2D eigenvalue weighted by Gasteiger charge is -2.16. The number of nitrogens with one attached hydrogen (secondary N) is 1. The highest BCUT2D eigenvalue weighted by Gasteiger charge is 2.23. The van der Waals surface area contributed by atoms with Gasteiger partial charge in [-0.25, -0.2) is 4.79 Å². The average molecular weight is 291 g/mol. The molecule has 2 rings (SSSR count). The van der Waals surface area contributed by atoms with Gasteiger partial charge in [-0.3, -0.25) is 4.79 Å². The zero-order valence-electron chi connectivity index (χ0n) is 12.0. The van der Waals surface area contributed by atoms with E-state index >= 15 is 0 Å². The summed E-state index contributed by atoms with van der Waals surface area (Å²) in [5.41, 5.74) is 1.07. The molecule has 0 radical (unpaired) electrons. The van der Waals surface area contributed by atoms with Crippen LogP contribution in [0.15, 0.2) is 30.3 Å². The van der Waals surface area contributed by atoms with Gasteiger partial charge in [-0.15, -0.1) is 0 Å². The van der Waals surface area contributed by atoms with E-state index < -0.39 is 12.0 Å². The van der Waals surface area contributed by atoms with Crippen LogP contribution in [0.2, 0.25) is 0 Å². The van der Waals surface area contributed by atoms with Crippen LogP contribution in [-0.4, -0.2) is 35.7 Å². The number of carbonyl (C=O) groups is 2. The van der Waals surface area contributed by atoms with E-state index in [-0.39, 0.29) is 18.4 Å². The van der Waals surface area contributed by atoms with Gasteiger partial charge in [-0.05, 0) is 31.2 Å². The van der Waals surface area contributed by atoms with E-state index in [9.17, 15) is 14.7 Å². The van der Waals surface area contributed by atoms with E-state index in [1.54, 1.807) is 0 Å². The van der Waals surface area contributed by atoms with Crippen molar-refractivity contribution >= 4 is 11.9 Å². The number of aliphatic carboxylic acids is 1. The van der Waals surface area contributed by atoms with Crippen molar-refractivity contribution in [3.63, 3.8) is 0 Å². The molecule has 2 N–H and O–H groups in total. The van der Waals surface area contributed by atoms with Crippen LogP contribution in [-0.2, 0) is 20.7 Å². The second-order valence-corrected chi connectivity index (χ2v) is 5.32. The Morgan fingerprint density at radius 3 is 2.71 bits per heavy atom. The van der Waals surface area contributed by atoms with Crippen LogP contribution < -0.4 is 5.32 Å². The molecule has 1 amide bonds. The molecular formula is C16H21NO4. The van der Waals surface area contributed by atoms with Crippen molar-refractivity contribution in [1.82, 2.24) is 5.32 Å². The third kappa shape index (κ3) is 5.19. The topological polar surface area (TPSA) is 75.6 Å². The SMILES string of the molecule is O=C(CC1CCCO1)N[C@@H](CCc1ccccc1)C(=O)O. The average Bonchev–Trinajstić information content (AvgIpc) is 2.97. The molecule has 1 heterocycles. The Labute approximate surface area is 124 Å². The Balaban J connectivity index is 1.81. The van der Waals surface area contributed by atoms with Crippen molar-refractivity contribution in [3.05, 3.63) is 35.9 Å². The number of carbonyl (C=O) groups excluding carboxylic acids is 1. The molecule has 0 bridgehead atoms. The minimum Gasteiger partial charge on any atom is -0.480 e. The van der Waals surface area contributed by atoms with Crippen LogP contribution in [0.5, 0.6) is 0 Å². The quantitative estimate of drug-likeness (QED) is 0.802. The standard InChI is InChI=1S/C16H21NO4/c18-15(11-13-7-4-10-21-13)17-14(16(19)20)9-8-12-5-2-1-3-6-12/h1-3,5-6,13-14H,4,7-11H2,(H,17,18)(H,19,20)/t13?,14-/m0/s1. The second kappa shape index (κ2) is 7.78. The van der Waals surface area contributed by atoms with E-state index in [4.69, 9.17) is 4.74 Å². The molecule has 0 spiro atoms. The van der Waals surface area contributed by atoms with Crippen LogP contribution >= 0.6 is 0 Å². The van der Waals surface area contributed by atoms with Gasteiger partial charge in [-0.1, -0.05) is 30.3 Å². The number of hydrogen-bond acceptors (Lipinski definition) is 3. The number of ether oxygens (including phenoxy) is 1. The first-order valence-electron chi connectivity index (χ1n) is 7.33. The molecule has 114 valence electrons. The van der Waals surface area contributed by atoms with Gasteiger partial charge in [0.2, 0.25) is 5.91 Å². The summed E-state index contributed by atoms with van der Waals surface area (Å²) < 4.78 is 5.39. The maximum absolute atomic E-state index is 11.9. The number of amides is 1. The summed E-state index contributed by atoms with van der Waals surface area (Å²) in [4.78, 5) is 23.1. The molecule has 2 atom stereocenters. The molecule has 1 fully saturated rings. The predicted molar refractivity (Wildman–Crippen MR) is 77.9 cm³/mol. The molecule has 0 aliphatic carbocycles. The molecule has 0 aromatic heterocycles. The summed E-state index contributed by atoms with van der Waals surface area (Å²) >= 11 is 0. The molecule has 1 aliphatic heterocycles. The first kappa shape index (κ1) is 15.5. The Morgan fingerprint density at radius 1 is 1.33 bits per heavy atom. The van der Waals surface area contributed by atoms with Crippen LogP contribution in [0.25, 0.3) is 0 Å². The molecule has 1 saturated heterocycles. The van der Waals surface area contributed by atoms with Gasteiger partial charge < -0.3 is 15.2 Å². The molecular weight excluding hydrogens is 270 g/mol. The third-order valence-corrected chi connectivity index (χ3v) is 3.63. The highest BCUT2D eigenvalue weighted by Crippen LogP contribution is 2.15. The molecule has 1 aromatic rings. The summed E-state index contributed by atoms with van der Waals surface area (Å²) in [6.07, 6.45) is 3.03. The van der Waals surface area contributed by atoms with Gasteiger partial charge >= 0.3 is 5.97 Å². The first-order valence-corrected chi connectivity index (χ1v) is 7.33. The molecule has 5 nitrogen and oxygen atoms in total. The fourth-order valence-corrected chi connectivity index (χ4v) is 2.48. The van der Waals surface area contributed by atoms with Crippen molar-refractivity contribution < 1.29 is 19.4 Å². The number of carboxylic acids is 1. The van der Waals surface area contributed by atoms with Gasteiger partial charge in [0.1, 0.15) is 6.04 Å². The zero-order valence-corrected chi connectivity index (χ0v) is 12.0. The second-order valence-electron chi connectivity index (χ2n) is 5.32. The maximum atomic E-state index is 11.9. The minimum atomic E-state index is -0.994. The fourth-order valence-electron chi connectivity index (χ4n) is 2.48. The number of aryl methyl sites for hydroxylation is 1. The predicted octanol–water partition coefficient (Wildman–Crippen LogP) is 1.76. The van der Waals surface area contributed by atoms with Crippen molar-refractivity contribution in [2.24, 2.45) is 0 Å². The van der Waals surface area contributed by atoms with E-state index in [1.165, 1.54) is 0 Å². The van der Waals surface area contributed by atoms with Gasteiger partial charge in [0.15, 0.2) is 0 Å². The lowest BCUT2D eigenvalue weighted by Crippen LogP contribution is -2.42. The first-order chi connectivity index (χ1) is 10.1. The fraction of sp³-hybridized carbons (Fsp3) is 0.500. The summed E-state index contributed by atoms with van der Waals surface area (Å²) in [5, 5.41) is 11.8. The smallest absolute Gasteiger partial charge is 0.326 e. The van der Waals surface area contributed by atoms with Crippen LogP contribution in [0.1, 0.15) is 31.2 Å². The van der Waals surface area contributed by atoms with Crippen molar-refractivity contribution in [3.8, 4) is 0 Å². The molecule has 0 saturated carbocycles. The molecule has 1 aromatic carbocycles. The third-order valence-electron chi connectivity index (χ3n) is 3.63. The van der Waals surface area contributed by atoms with Gasteiger partial charge in [-0.2, -0.15) is 0 Å². The molecule has 1 unspecified atom stereocenters. The van der Waals surface area contributed by atoms with E-state index in [2.05, 4.69) is 5.32 Å². The Kier molecular flexibility index (Phi) is 5.75. The Hall–Kier alpha value is -1.88. The Morgan fingerprint density at radius 2 is 2.10 bits per heavy atom. The van der Waals surface area contributed by atoms with Gasteiger partial charge in [0.05, 0.1) is 12.5 Å². The lowest BCUT2D eigenvalue weighted by molar-refractivity contribution is -0.142. The highest BCUT2D eigenvalue weighted by molar-refractivity contribution is 5.83.